The number of carboxylic acids is 4. The number of benzene rings is 3. The molecule has 107 heavy (non-hydrogen) atoms. The minimum atomic E-state index is -1.75. The fourth-order valence-corrected chi connectivity index (χ4v) is 14.1. The first kappa shape index (κ1) is 81.8. The molecular weight excluding hydrogens is 1420 g/mol. The van der Waals surface area contributed by atoms with E-state index < -0.39 is 177 Å². The molecule has 36 heteroatoms. The molecule has 6 aliphatic rings. The maximum atomic E-state index is 14.5. The van der Waals surface area contributed by atoms with Gasteiger partial charge in [0.15, 0.2) is 10.5 Å². The number of aromatic carboxylic acids is 1. The molecule has 4 aliphatic heterocycles. The highest BCUT2D eigenvalue weighted by atomic mass is 32.1. The van der Waals surface area contributed by atoms with E-state index in [0.29, 0.717) is 41.5 Å². The van der Waals surface area contributed by atoms with Crippen LogP contribution in [0, 0.1) is 5.92 Å². The fraction of sp³-hybridized carbons (Fsp3) is 0.521. The fourth-order valence-electron chi connectivity index (χ4n) is 13.8. The number of aliphatic carboxylic acids is 3. The van der Waals surface area contributed by atoms with Gasteiger partial charge in [0.2, 0.25) is 53.2 Å². The molecule has 4 fully saturated rings. The van der Waals surface area contributed by atoms with Crippen LogP contribution in [0.2, 0.25) is 0 Å². The van der Waals surface area contributed by atoms with E-state index >= 15 is 0 Å². The Bertz CT molecular complexity index is 4070. The number of amides is 10. The van der Waals surface area contributed by atoms with Gasteiger partial charge in [-0.05, 0) is 163 Å². The van der Waals surface area contributed by atoms with Gasteiger partial charge in [-0.25, -0.2) is 10.2 Å². The largest absolute Gasteiger partial charge is 0.508 e. The molecule has 1 saturated carbocycles. The van der Waals surface area contributed by atoms with Crippen molar-refractivity contribution in [1.82, 2.24) is 57.0 Å². The molecule has 0 radical (unpaired) electrons. The summed E-state index contributed by atoms with van der Waals surface area (Å²) in [7, 11) is 0. The van der Waals surface area contributed by atoms with Crippen LogP contribution in [0.1, 0.15) is 146 Å². The van der Waals surface area contributed by atoms with Gasteiger partial charge >= 0.3 is 23.9 Å². The highest BCUT2D eigenvalue weighted by molar-refractivity contribution is 7.80. The molecular formula is C71H91N13O22S. The summed E-state index contributed by atoms with van der Waals surface area (Å²) < 4.78 is 5.94. The molecule has 0 bridgehead atoms. The SMILES string of the molecule is C[C@H](O)[C@@H](NC(=O)[C@H]1CCCN1C(=O)[C@@H](CCC(=O)O)NC(=O)[C@H]1CCCN1C(=O)CCCCNC(=S)Nc1ccc(C(=O)O)c(-c2c3ccc(=O)cc-3oc3cc(O)ccc23)c1)C(=O)N[C@H](C)C(=O)N(CC(=O)N1CCC[C@@H]1C(=O)N[C@H](CCC(=O)O)C(=O)N[C@H](CCC(=O)O)C(N)=O)NCC1CCCC1. The Hall–Kier alpha value is -10.9. The van der Waals surface area contributed by atoms with Gasteiger partial charge in [0.1, 0.15) is 72.0 Å². The number of thiocarbonyl (C=S) groups is 1. The number of carbonyl (C=O) groups is 14. The van der Waals surface area contributed by atoms with Crippen molar-refractivity contribution in [1.29, 1.82) is 0 Å². The molecule has 0 spiro atoms. The van der Waals surface area contributed by atoms with Crippen molar-refractivity contribution in [3.05, 3.63) is 70.4 Å². The van der Waals surface area contributed by atoms with E-state index in [2.05, 4.69) is 42.6 Å². The first-order valence-corrected chi connectivity index (χ1v) is 36.0. The number of aliphatic hydroxyl groups excluding tert-OH is 1. The Labute approximate surface area is 618 Å². The molecule has 2 aromatic rings. The molecule has 3 saturated heterocycles. The molecule has 578 valence electrons. The number of phenols is 1. The van der Waals surface area contributed by atoms with Crippen LogP contribution in [0.15, 0.2) is 63.8 Å². The summed E-state index contributed by atoms with van der Waals surface area (Å²) in [5, 5.41) is 79.8. The Morgan fingerprint density at radius 3 is 1.80 bits per heavy atom. The van der Waals surface area contributed by atoms with Gasteiger partial charge in [0, 0.05) is 92.7 Å². The van der Waals surface area contributed by atoms with E-state index in [1.165, 1.54) is 66.1 Å². The van der Waals surface area contributed by atoms with E-state index in [1.54, 1.807) is 12.1 Å². The van der Waals surface area contributed by atoms with Crippen molar-refractivity contribution >= 4 is 117 Å². The molecule has 4 heterocycles. The quantitative estimate of drug-likeness (QED) is 0.0130. The van der Waals surface area contributed by atoms with Gasteiger partial charge in [-0.15, -0.1) is 0 Å². The van der Waals surface area contributed by atoms with Crippen molar-refractivity contribution < 1.29 is 102 Å². The summed E-state index contributed by atoms with van der Waals surface area (Å²) in [5.74, 6) is -13.5. The summed E-state index contributed by atoms with van der Waals surface area (Å²) >= 11 is 5.58. The highest BCUT2D eigenvalue weighted by Gasteiger charge is 2.43. The zero-order valence-corrected chi connectivity index (χ0v) is 60.0. The van der Waals surface area contributed by atoms with Crippen molar-refractivity contribution in [2.75, 3.05) is 44.6 Å². The zero-order chi connectivity index (χ0) is 77.9. The third-order valence-electron chi connectivity index (χ3n) is 19.4. The van der Waals surface area contributed by atoms with Crippen LogP contribution in [-0.2, 0) is 62.3 Å². The van der Waals surface area contributed by atoms with Crippen LogP contribution < -0.4 is 53.8 Å². The molecule has 0 aromatic heterocycles. The lowest BCUT2D eigenvalue weighted by atomic mass is 9.90. The number of primary amides is 1. The number of hydrogen-bond acceptors (Lipinski definition) is 20. The predicted octanol–water partition coefficient (Wildman–Crippen LogP) is 0.826. The van der Waals surface area contributed by atoms with Crippen molar-refractivity contribution in [3.63, 3.8) is 0 Å². The van der Waals surface area contributed by atoms with Crippen molar-refractivity contribution in [2.45, 2.75) is 190 Å². The molecule has 35 nitrogen and oxygen atoms in total. The van der Waals surface area contributed by atoms with Gasteiger partial charge in [-0.3, -0.25) is 72.1 Å². The minimum absolute atomic E-state index is 0.00953. The maximum absolute atomic E-state index is 14.5. The number of hydrogen-bond donors (Lipinski definition) is 15. The Balaban J connectivity index is 0.845. The first-order chi connectivity index (χ1) is 50.9. The van der Waals surface area contributed by atoms with Gasteiger partial charge in [-0.1, -0.05) is 12.8 Å². The second-order valence-electron chi connectivity index (χ2n) is 27.2. The van der Waals surface area contributed by atoms with Crippen molar-refractivity contribution in [2.24, 2.45) is 11.7 Å². The van der Waals surface area contributed by atoms with Crippen LogP contribution in [0.5, 0.6) is 5.75 Å². The maximum Gasteiger partial charge on any atom is 0.336 e. The van der Waals surface area contributed by atoms with Crippen LogP contribution in [-0.4, -0.2) is 232 Å². The van der Waals surface area contributed by atoms with Gasteiger partial charge in [0.05, 0.1) is 11.7 Å². The minimum Gasteiger partial charge on any atom is -0.508 e. The summed E-state index contributed by atoms with van der Waals surface area (Å²) in [4.78, 5) is 202. The lowest BCUT2D eigenvalue weighted by Gasteiger charge is -2.32. The number of aromatic hydroxyl groups is 1. The number of nitrogens with zero attached hydrogens (tertiary/aromatic N) is 4. The summed E-state index contributed by atoms with van der Waals surface area (Å²) in [6, 6.07) is 1.65. The second kappa shape index (κ2) is 37.9. The molecule has 2 aliphatic carbocycles. The third kappa shape index (κ3) is 22.1. The normalized spacial score (nSPS) is 18.1. The molecule has 9 atom stereocenters. The summed E-state index contributed by atoms with van der Waals surface area (Å²) in [5.41, 5.74) is 9.72. The lowest BCUT2D eigenvalue weighted by Crippen LogP contribution is -2.61. The first-order valence-electron chi connectivity index (χ1n) is 35.6. The van der Waals surface area contributed by atoms with E-state index in [4.69, 9.17) is 27.5 Å². The molecule has 10 amide bonds. The molecule has 2 aromatic carbocycles. The number of nitrogens with one attached hydrogen (secondary N) is 8. The van der Waals surface area contributed by atoms with Gasteiger partial charge in [-0.2, -0.15) is 0 Å². The number of likely N-dealkylation sites (tertiary alicyclic amines) is 3. The Morgan fingerprint density at radius 1 is 0.617 bits per heavy atom. The van der Waals surface area contributed by atoms with Crippen LogP contribution >= 0.6 is 12.2 Å². The number of nitrogens with two attached hydrogens (primary N) is 1. The number of fused-ring (bicyclic) bond motifs is 2. The van der Waals surface area contributed by atoms with E-state index in [-0.39, 0.29) is 122 Å². The zero-order valence-electron chi connectivity index (χ0n) is 59.1. The number of carbonyl (C=O) groups excluding carboxylic acids is 10. The summed E-state index contributed by atoms with van der Waals surface area (Å²) in [6.07, 6.45) is 0.836. The van der Waals surface area contributed by atoms with Crippen LogP contribution in [0.25, 0.3) is 33.4 Å². The number of rotatable bonds is 36. The monoisotopic (exact) mass is 1510 g/mol. The van der Waals surface area contributed by atoms with E-state index in [1.807, 2.05) is 0 Å². The average Bonchev–Trinajstić information content (AvgIpc) is 1.48. The number of anilines is 1. The van der Waals surface area contributed by atoms with Gasteiger partial charge in [0.25, 0.3) is 5.91 Å². The molecule has 8 rings (SSSR count). The highest BCUT2D eigenvalue weighted by Crippen LogP contribution is 2.43. The predicted molar refractivity (Wildman–Crippen MR) is 384 cm³/mol. The smallest absolute Gasteiger partial charge is 0.336 e. The van der Waals surface area contributed by atoms with Crippen LogP contribution in [0.3, 0.4) is 0 Å². The second-order valence-corrected chi connectivity index (χ2v) is 27.6. The molecule has 0 unspecified atom stereocenters. The Morgan fingerprint density at radius 2 is 1.20 bits per heavy atom. The van der Waals surface area contributed by atoms with Crippen LogP contribution in [0.4, 0.5) is 5.69 Å². The van der Waals surface area contributed by atoms with Crippen molar-refractivity contribution in [3.8, 4) is 28.2 Å². The average molecular weight is 1510 g/mol. The number of unbranched alkanes of at least 4 members (excludes halogenated alkanes) is 1. The number of hydrazine groups is 1. The number of carboxylic acid groups (broad SMARTS) is 4. The van der Waals surface area contributed by atoms with E-state index in [0.717, 1.165) is 35.6 Å². The van der Waals surface area contributed by atoms with Gasteiger partial charge < -0.3 is 92.7 Å². The molecule has 16 N–H and O–H groups in total. The standard InChI is InChI=1S/C71H91N13O22S/c1-37(68(102)84(74-35-39-10-3-4-11-39)36-56(89)82-30-8-13-51(82)64(98)78-48(23-26-58(92)93)63(97)77-47(62(72)96)22-25-57(90)91)75-67(101)61(38(2)85)80-66(100)52-14-9-31-83(52)69(103)49(24-27-59(94)95)79-65(99)50-12-7-29-81(50)55(88)15-5-6-28-73-71(107)76-40-16-19-43(70(104)105)46(32-40)60-44-20-17-41(86)33-53(44)106-54-34-42(87)18-21-45(54)60/h16-21,32-34,37-39,47-52,61,74,85-86H,3-15,22-31,35-36H2,1-2H3,(H2,72,96)(H,75,101)(H,77,97)(H,78,98)(H,79,99)(H,80,100)(H,90,91)(H,92,93)(H,94,95)(H,104,105)(H2,73,76,107)/t37-,38+,47-,48-,49-,50-,51-,52-,61-/m1/s1. The lowest BCUT2D eigenvalue weighted by molar-refractivity contribution is -0.148. The number of phenolic OH excluding ortho intramolecular Hbond substituents is 1. The topological polar surface area (TPSA) is 526 Å². The summed E-state index contributed by atoms with van der Waals surface area (Å²) in [6.45, 7) is 2.47. The third-order valence-corrected chi connectivity index (χ3v) is 19.6. The Kier molecular flexibility index (Phi) is 29.0. The van der Waals surface area contributed by atoms with E-state index in [9.17, 15) is 97.5 Å². The number of aliphatic hydroxyl groups is 1.